The van der Waals surface area contributed by atoms with Crippen LogP contribution in [0.15, 0.2) is 65.6 Å². The summed E-state index contributed by atoms with van der Waals surface area (Å²) in [6.07, 6.45) is 1.97. The van der Waals surface area contributed by atoms with Crippen molar-refractivity contribution in [2.75, 3.05) is 67.1 Å². The van der Waals surface area contributed by atoms with E-state index in [1.54, 1.807) is 35.2 Å². The number of nitrogens with zero attached hydrogens (tertiary/aromatic N) is 4. The molecule has 2 saturated heterocycles. The number of piperidine rings is 1. The summed E-state index contributed by atoms with van der Waals surface area (Å²) < 4.78 is 60.0. The number of halogens is 2. The first kappa shape index (κ1) is 38.7. The van der Waals surface area contributed by atoms with Gasteiger partial charge in [-0.15, -0.1) is 0 Å². The molecule has 0 aromatic heterocycles. The number of rotatable bonds is 8. The smallest absolute Gasteiger partial charge is 0.410 e. The SMILES string of the molecule is CN(c1ccc(C2CCN(C(=O)OC(C)(C)C)CC2)cc1C(=O)Nc1ccc(S(=O)(=O)N2CCN(c3cc(Cl)cc(Cl)c3)CC2)cc1)S(C)(=O)=O. The van der Waals surface area contributed by atoms with Crippen LogP contribution >= 0.6 is 23.2 Å². The molecule has 2 aliphatic rings. The fourth-order valence-corrected chi connectivity index (χ4v) is 8.58. The van der Waals surface area contributed by atoms with E-state index in [0.717, 1.165) is 21.8 Å². The number of hydrogen-bond donors (Lipinski definition) is 1. The molecule has 0 spiro atoms. The second-order valence-electron chi connectivity index (χ2n) is 13.7. The average Bonchev–Trinajstić information content (AvgIpc) is 3.06. The summed E-state index contributed by atoms with van der Waals surface area (Å²) in [5, 5.41) is 3.81. The number of anilines is 3. The zero-order valence-corrected chi connectivity index (χ0v) is 32.4. The summed E-state index contributed by atoms with van der Waals surface area (Å²) in [5.74, 6) is -0.524. The molecule has 2 aliphatic heterocycles. The minimum absolute atomic E-state index is 0.0301. The molecule has 0 atom stereocenters. The lowest BCUT2D eigenvalue weighted by Crippen LogP contribution is -2.48. The molecule has 3 aromatic rings. The van der Waals surface area contributed by atoms with Crippen LogP contribution in [0.1, 0.15) is 55.5 Å². The molecule has 0 unspecified atom stereocenters. The van der Waals surface area contributed by atoms with Gasteiger partial charge in [0, 0.05) is 67.7 Å². The maximum Gasteiger partial charge on any atom is 0.410 e. The third kappa shape index (κ3) is 9.46. The van der Waals surface area contributed by atoms with E-state index in [4.69, 9.17) is 27.9 Å². The van der Waals surface area contributed by atoms with Gasteiger partial charge in [0.05, 0.1) is 22.4 Å². The van der Waals surface area contributed by atoms with Crippen LogP contribution in [0.2, 0.25) is 10.0 Å². The molecule has 0 radical (unpaired) electrons. The lowest BCUT2D eigenvalue weighted by atomic mass is 9.88. The van der Waals surface area contributed by atoms with Crippen molar-refractivity contribution >= 4 is 72.3 Å². The predicted octanol–water partition coefficient (Wildman–Crippen LogP) is 6.27. The minimum atomic E-state index is -3.82. The Morgan fingerprint density at radius 3 is 1.98 bits per heavy atom. The number of sulfonamides is 2. The number of carbonyl (C=O) groups is 2. The Bertz CT molecular complexity index is 1970. The lowest BCUT2D eigenvalue weighted by Gasteiger charge is -2.35. The van der Waals surface area contributed by atoms with Gasteiger partial charge >= 0.3 is 6.09 Å². The number of likely N-dealkylation sites (tertiary alicyclic amines) is 1. The summed E-state index contributed by atoms with van der Waals surface area (Å²) in [5.41, 5.74) is 1.75. The van der Waals surface area contributed by atoms with Crippen molar-refractivity contribution < 1.29 is 31.2 Å². The van der Waals surface area contributed by atoms with Crippen molar-refractivity contribution in [1.82, 2.24) is 9.21 Å². The second kappa shape index (κ2) is 15.2. The first-order valence-electron chi connectivity index (χ1n) is 16.5. The largest absolute Gasteiger partial charge is 0.444 e. The number of benzene rings is 3. The van der Waals surface area contributed by atoms with Crippen molar-refractivity contribution in [3.8, 4) is 0 Å². The van der Waals surface area contributed by atoms with Crippen LogP contribution in [-0.2, 0) is 24.8 Å². The van der Waals surface area contributed by atoms with Gasteiger partial charge in [-0.05, 0) is 99.7 Å². The van der Waals surface area contributed by atoms with Gasteiger partial charge in [0.1, 0.15) is 5.60 Å². The number of nitrogens with one attached hydrogen (secondary N) is 1. The van der Waals surface area contributed by atoms with Crippen molar-refractivity contribution in [1.29, 1.82) is 0 Å². The van der Waals surface area contributed by atoms with Gasteiger partial charge in [-0.3, -0.25) is 9.10 Å². The molecule has 1 N–H and O–H groups in total. The van der Waals surface area contributed by atoms with Crippen LogP contribution in [0.5, 0.6) is 0 Å². The first-order valence-corrected chi connectivity index (χ1v) is 20.5. The molecule has 276 valence electrons. The van der Waals surface area contributed by atoms with Crippen molar-refractivity contribution in [3.63, 3.8) is 0 Å². The van der Waals surface area contributed by atoms with Gasteiger partial charge in [-0.2, -0.15) is 4.31 Å². The zero-order chi connectivity index (χ0) is 37.3. The summed E-state index contributed by atoms with van der Waals surface area (Å²) in [6.45, 7) is 7.85. The van der Waals surface area contributed by atoms with Crippen molar-refractivity contribution in [2.45, 2.75) is 50.0 Å². The molecule has 16 heteroatoms. The van der Waals surface area contributed by atoms with Crippen LogP contribution in [0.25, 0.3) is 0 Å². The normalized spacial score (nSPS) is 16.5. The lowest BCUT2D eigenvalue weighted by molar-refractivity contribution is 0.0204. The van der Waals surface area contributed by atoms with Gasteiger partial charge in [-0.1, -0.05) is 29.3 Å². The van der Waals surface area contributed by atoms with Gasteiger partial charge in [0.15, 0.2) is 0 Å². The van der Waals surface area contributed by atoms with E-state index in [-0.39, 0.29) is 41.2 Å². The molecule has 2 fully saturated rings. The predicted molar refractivity (Wildman–Crippen MR) is 201 cm³/mol. The Balaban J connectivity index is 1.28. The Kier molecular flexibility index (Phi) is 11.5. The van der Waals surface area contributed by atoms with E-state index in [2.05, 4.69) is 5.32 Å². The van der Waals surface area contributed by atoms with Crippen LogP contribution in [-0.4, -0.2) is 96.2 Å². The fraction of sp³-hybridized carbons (Fsp3) is 0.429. The molecule has 2 amide bonds. The third-order valence-electron chi connectivity index (χ3n) is 8.92. The third-order valence-corrected chi connectivity index (χ3v) is 12.5. The first-order chi connectivity index (χ1) is 23.8. The summed E-state index contributed by atoms with van der Waals surface area (Å²) in [4.78, 5) is 30.1. The van der Waals surface area contributed by atoms with Gasteiger partial charge < -0.3 is 19.9 Å². The van der Waals surface area contributed by atoms with Crippen LogP contribution in [0, 0.1) is 0 Å². The van der Waals surface area contributed by atoms with Crippen LogP contribution in [0.4, 0.5) is 21.9 Å². The van der Waals surface area contributed by atoms with E-state index in [0.29, 0.717) is 54.8 Å². The van der Waals surface area contributed by atoms with Gasteiger partial charge in [0.25, 0.3) is 5.91 Å². The standard InChI is InChI=1S/C35H43Cl2N5O7S2/c1-35(2,3)49-34(44)41-14-12-24(13-15-41)25-6-11-32(39(4)50(5,45)46)31(20-25)33(43)38-28-7-9-30(10-8-28)51(47,48)42-18-16-40(17-19-42)29-22-26(36)21-27(37)23-29/h6-11,20-24H,12-19H2,1-5H3,(H,38,43). The summed E-state index contributed by atoms with van der Waals surface area (Å²) in [7, 11) is -6.14. The molecular weight excluding hydrogens is 737 g/mol. The highest BCUT2D eigenvalue weighted by atomic mass is 35.5. The van der Waals surface area contributed by atoms with Gasteiger partial charge in [-0.25, -0.2) is 21.6 Å². The minimum Gasteiger partial charge on any atom is -0.444 e. The highest BCUT2D eigenvalue weighted by Crippen LogP contribution is 2.34. The Hall–Kier alpha value is -3.56. The molecule has 2 heterocycles. The van der Waals surface area contributed by atoms with E-state index in [1.807, 2.05) is 31.7 Å². The van der Waals surface area contributed by atoms with E-state index < -0.39 is 31.6 Å². The van der Waals surface area contributed by atoms with Crippen LogP contribution < -0.4 is 14.5 Å². The highest BCUT2D eigenvalue weighted by molar-refractivity contribution is 7.92. The maximum atomic E-state index is 13.7. The van der Waals surface area contributed by atoms with Crippen molar-refractivity contribution in [3.05, 3.63) is 81.8 Å². The zero-order valence-electron chi connectivity index (χ0n) is 29.2. The average molecular weight is 781 g/mol. The quantitative estimate of drug-likeness (QED) is 0.283. The second-order valence-corrected chi connectivity index (χ2v) is 18.6. The molecule has 0 bridgehead atoms. The molecule has 51 heavy (non-hydrogen) atoms. The fourth-order valence-electron chi connectivity index (χ4n) is 6.13. The number of carbonyl (C=O) groups excluding carboxylic acids is 2. The molecular formula is C35H43Cl2N5O7S2. The van der Waals surface area contributed by atoms with Gasteiger partial charge in [0.2, 0.25) is 20.0 Å². The Labute approximate surface area is 310 Å². The molecule has 3 aromatic carbocycles. The number of hydrogen-bond acceptors (Lipinski definition) is 8. The monoisotopic (exact) mass is 779 g/mol. The van der Waals surface area contributed by atoms with E-state index >= 15 is 0 Å². The molecule has 0 aliphatic carbocycles. The number of ether oxygens (including phenoxy) is 1. The summed E-state index contributed by atoms with van der Waals surface area (Å²) >= 11 is 12.3. The summed E-state index contributed by atoms with van der Waals surface area (Å²) in [6, 6.07) is 16.2. The molecule has 0 saturated carbocycles. The Morgan fingerprint density at radius 1 is 0.843 bits per heavy atom. The highest BCUT2D eigenvalue weighted by Gasteiger charge is 2.31. The van der Waals surface area contributed by atoms with E-state index in [9.17, 15) is 26.4 Å². The maximum absolute atomic E-state index is 13.7. The molecule has 5 rings (SSSR count). The van der Waals surface area contributed by atoms with Crippen LogP contribution in [0.3, 0.4) is 0 Å². The van der Waals surface area contributed by atoms with E-state index in [1.165, 1.54) is 35.6 Å². The van der Waals surface area contributed by atoms with Crippen molar-refractivity contribution in [2.24, 2.45) is 0 Å². The molecule has 12 nitrogen and oxygen atoms in total. The number of piperazine rings is 1. The topological polar surface area (TPSA) is 137 Å². The Morgan fingerprint density at radius 2 is 1.43 bits per heavy atom. The number of amides is 2.